The first-order chi connectivity index (χ1) is 9.06. The molecule has 0 aliphatic carbocycles. The Balaban J connectivity index is 2.36. The molecule has 2 N–H and O–H groups in total. The Kier molecular flexibility index (Phi) is 3.57. The van der Waals surface area contributed by atoms with E-state index in [1.54, 1.807) is 0 Å². The van der Waals surface area contributed by atoms with Crippen molar-refractivity contribution in [1.29, 1.82) is 0 Å². The largest absolute Gasteiger partial charge is 0.369 e. The average molecular weight is 493 g/mol. The van der Waals surface area contributed by atoms with Gasteiger partial charge in [-0.05, 0) is 74.9 Å². The number of nitrogens with zero attached hydrogens (tertiary/aromatic N) is 2. The van der Waals surface area contributed by atoms with Crippen molar-refractivity contribution in [2.24, 2.45) is 0 Å². The highest BCUT2D eigenvalue weighted by molar-refractivity contribution is 14.1. The molecule has 1 aromatic heterocycles. The number of anilines is 1. The number of hydrogen-bond acceptors (Lipinski definition) is 2. The lowest BCUT2D eigenvalue weighted by atomic mass is 10.3. The van der Waals surface area contributed by atoms with Crippen molar-refractivity contribution in [2.45, 2.75) is 0 Å². The molecule has 96 valence electrons. The fourth-order valence-electron chi connectivity index (χ4n) is 1.98. The summed E-state index contributed by atoms with van der Waals surface area (Å²) < 4.78 is 5.06. The molecule has 0 saturated carbocycles. The minimum atomic E-state index is 0.482. The molecule has 0 amide bonds. The smallest absolute Gasteiger partial charge is 0.205 e. The summed E-state index contributed by atoms with van der Waals surface area (Å²) >= 11 is 9.31. The fraction of sp³-hybridized carbons (Fsp3) is 0. The molecule has 0 aliphatic rings. The van der Waals surface area contributed by atoms with Crippen LogP contribution in [0.3, 0.4) is 0 Å². The molecular weight excluding hydrogens is 485 g/mol. The Labute approximate surface area is 140 Å². The average Bonchev–Trinajstić information content (AvgIpc) is 2.67. The lowest BCUT2D eigenvalue weighted by Gasteiger charge is -2.09. The first-order valence-electron chi connectivity index (χ1n) is 5.45. The summed E-state index contributed by atoms with van der Waals surface area (Å²) in [6.07, 6.45) is 0. The van der Waals surface area contributed by atoms with E-state index in [1.807, 2.05) is 41.0 Å². The summed E-state index contributed by atoms with van der Waals surface area (Å²) in [5, 5.41) is 0. The van der Waals surface area contributed by atoms with Gasteiger partial charge in [0.15, 0.2) is 0 Å². The molecular formula is C13H8Br2IN3. The van der Waals surface area contributed by atoms with Crippen LogP contribution in [-0.2, 0) is 0 Å². The van der Waals surface area contributed by atoms with E-state index in [9.17, 15) is 0 Å². The van der Waals surface area contributed by atoms with Crippen LogP contribution in [0.5, 0.6) is 0 Å². The van der Waals surface area contributed by atoms with Gasteiger partial charge in [-0.2, -0.15) is 0 Å². The van der Waals surface area contributed by atoms with Gasteiger partial charge in [0.2, 0.25) is 5.95 Å². The van der Waals surface area contributed by atoms with Crippen molar-refractivity contribution in [3.05, 3.63) is 48.9 Å². The lowest BCUT2D eigenvalue weighted by Crippen LogP contribution is -2.01. The Morgan fingerprint density at radius 1 is 1.11 bits per heavy atom. The van der Waals surface area contributed by atoms with Crippen LogP contribution in [0.4, 0.5) is 5.95 Å². The summed E-state index contributed by atoms with van der Waals surface area (Å²) in [6, 6.07) is 12.1. The fourth-order valence-corrected chi connectivity index (χ4v) is 3.23. The first-order valence-corrected chi connectivity index (χ1v) is 8.11. The van der Waals surface area contributed by atoms with Gasteiger partial charge in [-0.25, -0.2) is 4.98 Å². The zero-order valence-corrected chi connectivity index (χ0v) is 14.9. The molecule has 0 atom stereocenters. The number of nitrogens with two attached hydrogens (primary N) is 1. The van der Waals surface area contributed by atoms with Gasteiger partial charge in [0, 0.05) is 12.5 Å². The second kappa shape index (κ2) is 5.06. The highest BCUT2D eigenvalue weighted by Gasteiger charge is 2.13. The summed E-state index contributed by atoms with van der Waals surface area (Å²) in [6.45, 7) is 0. The standard InChI is InChI=1S/C13H8Br2IN3/c14-7-1-3-9(15)12(5-7)19-11-4-2-8(16)6-10(11)18-13(19)17/h1-6H,(H2,17,18). The minimum Gasteiger partial charge on any atom is -0.369 e. The lowest BCUT2D eigenvalue weighted by molar-refractivity contribution is 1.10. The van der Waals surface area contributed by atoms with E-state index < -0.39 is 0 Å². The van der Waals surface area contributed by atoms with Crippen LogP contribution in [-0.4, -0.2) is 9.55 Å². The van der Waals surface area contributed by atoms with E-state index >= 15 is 0 Å². The molecule has 0 saturated heterocycles. The van der Waals surface area contributed by atoms with E-state index in [0.29, 0.717) is 5.95 Å². The second-order valence-corrected chi connectivity index (χ2v) is 7.05. The van der Waals surface area contributed by atoms with Gasteiger partial charge in [0.05, 0.1) is 16.7 Å². The first kappa shape index (κ1) is 13.4. The van der Waals surface area contributed by atoms with Crippen LogP contribution in [0.2, 0.25) is 0 Å². The monoisotopic (exact) mass is 491 g/mol. The van der Waals surface area contributed by atoms with Crippen LogP contribution in [0.15, 0.2) is 45.3 Å². The summed E-state index contributed by atoms with van der Waals surface area (Å²) in [5.41, 5.74) is 8.93. The summed E-state index contributed by atoms with van der Waals surface area (Å²) in [4.78, 5) is 4.42. The molecule has 3 rings (SSSR count). The predicted molar refractivity (Wildman–Crippen MR) is 93.6 cm³/mol. The number of benzene rings is 2. The van der Waals surface area contributed by atoms with Crippen LogP contribution >= 0.6 is 54.5 Å². The maximum Gasteiger partial charge on any atom is 0.205 e. The Morgan fingerprint density at radius 3 is 2.68 bits per heavy atom. The maximum atomic E-state index is 6.07. The van der Waals surface area contributed by atoms with E-state index in [4.69, 9.17) is 5.73 Å². The maximum absolute atomic E-state index is 6.07. The van der Waals surface area contributed by atoms with Gasteiger partial charge in [-0.1, -0.05) is 15.9 Å². The third kappa shape index (κ3) is 2.41. The van der Waals surface area contributed by atoms with Gasteiger partial charge < -0.3 is 5.73 Å². The van der Waals surface area contributed by atoms with Gasteiger partial charge in [-0.3, -0.25) is 4.57 Å². The van der Waals surface area contributed by atoms with Crippen molar-refractivity contribution in [2.75, 3.05) is 5.73 Å². The van der Waals surface area contributed by atoms with Crippen LogP contribution in [0, 0.1) is 3.57 Å². The number of nitrogen functional groups attached to an aromatic ring is 1. The molecule has 0 aliphatic heterocycles. The molecule has 0 radical (unpaired) electrons. The van der Waals surface area contributed by atoms with Gasteiger partial charge in [0.1, 0.15) is 0 Å². The molecule has 19 heavy (non-hydrogen) atoms. The van der Waals surface area contributed by atoms with Crippen LogP contribution in [0.1, 0.15) is 0 Å². The minimum absolute atomic E-state index is 0.482. The van der Waals surface area contributed by atoms with E-state index in [0.717, 1.165) is 29.2 Å². The van der Waals surface area contributed by atoms with Crippen LogP contribution < -0.4 is 5.73 Å². The highest BCUT2D eigenvalue weighted by atomic mass is 127. The van der Waals surface area contributed by atoms with E-state index in [1.165, 1.54) is 0 Å². The Bertz CT molecular complexity index is 783. The van der Waals surface area contributed by atoms with E-state index in [2.05, 4.69) is 59.4 Å². The molecule has 3 aromatic rings. The predicted octanol–water partition coefficient (Wildman–Crippen LogP) is 4.74. The summed E-state index contributed by atoms with van der Waals surface area (Å²) in [5.74, 6) is 0.482. The molecule has 0 bridgehead atoms. The third-order valence-corrected chi connectivity index (χ3v) is 4.63. The van der Waals surface area contributed by atoms with Crippen molar-refractivity contribution in [3.63, 3.8) is 0 Å². The highest BCUT2D eigenvalue weighted by Crippen LogP contribution is 2.31. The summed E-state index contributed by atoms with van der Waals surface area (Å²) in [7, 11) is 0. The molecule has 0 spiro atoms. The Hall–Kier alpha value is -0.600. The zero-order valence-electron chi connectivity index (χ0n) is 9.57. The van der Waals surface area contributed by atoms with Gasteiger partial charge in [-0.15, -0.1) is 0 Å². The second-order valence-electron chi connectivity index (χ2n) is 4.03. The van der Waals surface area contributed by atoms with Crippen molar-refractivity contribution < 1.29 is 0 Å². The Morgan fingerprint density at radius 2 is 1.89 bits per heavy atom. The molecule has 0 unspecified atom stereocenters. The van der Waals surface area contributed by atoms with Crippen LogP contribution in [0.25, 0.3) is 16.7 Å². The number of rotatable bonds is 1. The third-order valence-electron chi connectivity index (χ3n) is 2.79. The van der Waals surface area contributed by atoms with Crippen molar-refractivity contribution in [3.8, 4) is 5.69 Å². The SMILES string of the molecule is Nc1nc2cc(I)ccc2n1-c1cc(Br)ccc1Br. The number of hydrogen-bond donors (Lipinski definition) is 1. The topological polar surface area (TPSA) is 43.8 Å². The molecule has 2 aromatic carbocycles. The molecule has 3 nitrogen and oxygen atoms in total. The molecule has 6 heteroatoms. The van der Waals surface area contributed by atoms with E-state index in [-0.39, 0.29) is 0 Å². The normalized spacial score (nSPS) is 11.1. The number of halogens is 3. The van der Waals surface area contributed by atoms with Crippen molar-refractivity contribution >= 4 is 71.4 Å². The van der Waals surface area contributed by atoms with Gasteiger partial charge >= 0.3 is 0 Å². The molecule has 1 heterocycles. The number of aromatic nitrogens is 2. The number of fused-ring (bicyclic) bond motifs is 1. The number of imidazole rings is 1. The quantitative estimate of drug-likeness (QED) is 0.499. The van der Waals surface area contributed by atoms with Crippen molar-refractivity contribution in [1.82, 2.24) is 9.55 Å². The zero-order chi connectivity index (χ0) is 13.6. The van der Waals surface area contributed by atoms with Gasteiger partial charge in [0.25, 0.3) is 0 Å². The molecule has 0 fully saturated rings.